The Morgan fingerprint density at radius 2 is 1.90 bits per heavy atom. The number of ether oxygens (including phenoxy) is 1. The molecule has 0 spiro atoms. The summed E-state index contributed by atoms with van der Waals surface area (Å²) >= 11 is 2.78. The van der Waals surface area contributed by atoms with Crippen LogP contribution in [0.4, 0.5) is 22.2 Å². The molecule has 2 aromatic carbocycles. The van der Waals surface area contributed by atoms with Crippen LogP contribution in [-0.4, -0.2) is 42.1 Å². The number of thioether (sulfide) groups is 1. The Balaban J connectivity index is 1.58. The number of anilines is 4. The molecule has 0 aliphatic rings. The molecule has 1 heterocycles. The summed E-state index contributed by atoms with van der Waals surface area (Å²) in [5, 5.41) is 14.9. The normalized spacial score (nSPS) is 11.6. The van der Waals surface area contributed by atoms with Crippen LogP contribution in [0, 0.1) is 0 Å². The molecule has 0 saturated heterocycles. The van der Waals surface area contributed by atoms with E-state index in [-0.39, 0.29) is 11.2 Å². The lowest BCUT2D eigenvalue weighted by atomic mass is 10.2. The summed E-state index contributed by atoms with van der Waals surface area (Å²) in [5.41, 5.74) is 2.68. The summed E-state index contributed by atoms with van der Waals surface area (Å²) in [4.78, 5) is 14.5. The first-order chi connectivity index (χ1) is 14.5. The van der Waals surface area contributed by atoms with Gasteiger partial charge < -0.3 is 20.3 Å². The lowest BCUT2D eigenvalue weighted by molar-refractivity contribution is -0.115. The molecule has 30 heavy (non-hydrogen) atoms. The highest BCUT2D eigenvalue weighted by Crippen LogP contribution is 2.33. The van der Waals surface area contributed by atoms with Gasteiger partial charge in [0.2, 0.25) is 11.0 Å². The van der Waals surface area contributed by atoms with Gasteiger partial charge in [0.05, 0.1) is 17.5 Å². The van der Waals surface area contributed by atoms with E-state index in [1.165, 1.54) is 23.1 Å². The molecule has 1 atom stereocenters. The van der Waals surface area contributed by atoms with Crippen LogP contribution in [-0.2, 0) is 4.79 Å². The van der Waals surface area contributed by atoms with E-state index >= 15 is 0 Å². The Kier molecular flexibility index (Phi) is 7.53. The summed E-state index contributed by atoms with van der Waals surface area (Å²) in [6, 6.07) is 15.4. The Labute approximate surface area is 184 Å². The third-order valence-corrected chi connectivity index (χ3v) is 6.16. The second kappa shape index (κ2) is 10.3. The maximum Gasteiger partial charge on any atom is 0.237 e. The number of benzene rings is 2. The minimum absolute atomic E-state index is 0.0796. The highest BCUT2D eigenvalue weighted by atomic mass is 32.2. The zero-order chi connectivity index (χ0) is 21.5. The van der Waals surface area contributed by atoms with Crippen LogP contribution in [0.3, 0.4) is 0 Å². The average molecular weight is 444 g/mol. The van der Waals surface area contributed by atoms with Crippen LogP contribution >= 0.6 is 23.1 Å². The Morgan fingerprint density at radius 3 is 2.60 bits per heavy atom. The number of aromatic nitrogens is 2. The second-order valence-electron chi connectivity index (χ2n) is 6.62. The van der Waals surface area contributed by atoms with Crippen molar-refractivity contribution in [1.82, 2.24) is 10.2 Å². The fourth-order valence-electron chi connectivity index (χ4n) is 2.57. The SMILES string of the molecule is CCOc1ccccc1Nc1nnc(SC(C)C(=O)Nc2ccc(N(C)C)cc2)s1. The molecule has 3 aromatic rings. The van der Waals surface area contributed by atoms with Gasteiger partial charge in [0.25, 0.3) is 0 Å². The van der Waals surface area contributed by atoms with E-state index in [0.29, 0.717) is 11.7 Å². The van der Waals surface area contributed by atoms with Gasteiger partial charge in [-0.05, 0) is 50.2 Å². The van der Waals surface area contributed by atoms with Crippen LogP contribution in [0.25, 0.3) is 0 Å². The molecule has 158 valence electrons. The van der Waals surface area contributed by atoms with Gasteiger partial charge >= 0.3 is 0 Å². The van der Waals surface area contributed by atoms with Crippen LogP contribution < -0.4 is 20.3 Å². The van der Waals surface area contributed by atoms with Crippen molar-refractivity contribution in [2.45, 2.75) is 23.4 Å². The summed E-state index contributed by atoms with van der Waals surface area (Å²) < 4.78 is 6.34. The monoisotopic (exact) mass is 443 g/mol. The second-order valence-corrected chi connectivity index (χ2v) is 9.18. The number of hydrogen-bond donors (Lipinski definition) is 2. The van der Waals surface area contributed by atoms with E-state index in [9.17, 15) is 4.79 Å². The maximum atomic E-state index is 12.5. The fourth-order valence-corrected chi connectivity index (χ4v) is 4.47. The average Bonchev–Trinajstić information content (AvgIpc) is 3.16. The third-order valence-electron chi connectivity index (χ3n) is 4.13. The molecule has 1 amide bonds. The van der Waals surface area contributed by atoms with Crippen molar-refractivity contribution in [1.29, 1.82) is 0 Å². The first-order valence-electron chi connectivity index (χ1n) is 9.53. The van der Waals surface area contributed by atoms with Crippen LogP contribution in [0.15, 0.2) is 52.9 Å². The zero-order valence-electron chi connectivity index (χ0n) is 17.4. The van der Waals surface area contributed by atoms with Crippen LogP contribution in [0.2, 0.25) is 0 Å². The van der Waals surface area contributed by atoms with E-state index < -0.39 is 0 Å². The van der Waals surface area contributed by atoms with Gasteiger partial charge in [-0.3, -0.25) is 4.79 Å². The number of amides is 1. The molecule has 3 rings (SSSR count). The molecule has 0 aliphatic carbocycles. The van der Waals surface area contributed by atoms with Gasteiger partial charge in [-0.25, -0.2) is 0 Å². The van der Waals surface area contributed by atoms with Crippen molar-refractivity contribution in [3.8, 4) is 5.75 Å². The minimum atomic E-state index is -0.310. The predicted octanol–water partition coefficient (Wildman–Crippen LogP) is 4.87. The van der Waals surface area contributed by atoms with Crippen molar-refractivity contribution in [3.63, 3.8) is 0 Å². The van der Waals surface area contributed by atoms with E-state index in [0.717, 1.165) is 27.2 Å². The molecule has 9 heteroatoms. The van der Waals surface area contributed by atoms with E-state index in [1.807, 2.05) is 81.4 Å². The molecule has 2 N–H and O–H groups in total. The number of nitrogens with one attached hydrogen (secondary N) is 2. The van der Waals surface area contributed by atoms with E-state index in [1.54, 1.807) is 0 Å². The number of nitrogens with zero attached hydrogens (tertiary/aromatic N) is 3. The van der Waals surface area contributed by atoms with E-state index in [4.69, 9.17) is 4.74 Å². The smallest absolute Gasteiger partial charge is 0.237 e. The molecule has 7 nitrogen and oxygen atoms in total. The van der Waals surface area contributed by atoms with Crippen LogP contribution in [0.5, 0.6) is 5.75 Å². The molecule has 0 fully saturated rings. The molecule has 0 saturated carbocycles. The highest BCUT2D eigenvalue weighted by molar-refractivity contribution is 8.02. The molecule has 0 radical (unpaired) electrons. The lowest BCUT2D eigenvalue weighted by Gasteiger charge is -2.14. The molecular formula is C21H25N5O2S2. The largest absolute Gasteiger partial charge is 0.492 e. The van der Waals surface area contributed by atoms with Gasteiger partial charge in [-0.15, -0.1) is 10.2 Å². The number of para-hydroxylation sites is 2. The highest BCUT2D eigenvalue weighted by Gasteiger charge is 2.18. The summed E-state index contributed by atoms with van der Waals surface area (Å²) in [7, 11) is 3.96. The zero-order valence-corrected chi connectivity index (χ0v) is 19.0. The van der Waals surface area contributed by atoms with Gasteiger partial charge in [0.15, 0.2) is 4.34 Å². The molecule has 0 bridgehead atoms. The van der Waals surface area contributed by atoms with Gasteiger partial charge in [-0.2, -0.15) is 0 Å². The molecular weight excluding hydrogens is 418 g/mol. The first-order valence-corrected chi connectivity index (χ1v) is 11.2. The molecule has 1 aromatic heterocycles. The summed E-state index contributed by atoms with van der Waals surface area (Å²) in [6.07, 6.45) is 0. The quantitative estimate of drug-likeness (QED) is 0.457. The Hall–Kier alpha value is -2.78. The number of carbonyl (C=O) groups excluding carboxylic acids is 1. The van der Waals surface area contributed by atoms with Gasteiger partial charge in [-0.1, -0.05) is 35.2 Å². The van der Waals surface area contributed by atoms with E-state index in [2.05, 4.69) is 20.8 Å². The van der Waals surface area contributed by atoms with Crippen LogP contribution in [0.1, 0.15) is 13.8 Å². The summed E-state index contributed by atoms with van der Waals surface area (Å²) in [5.74, 6) is 0.682. The topological polar surface area (TPSA) is 79.4 Å². The first kappa shape index (κ1) is 21.9. The number of carbonyl (C=O) groups is 1. The Bertz CT molecular complexity index is 976. The van der Waals surface area contributed by atoms with Gasteiger partial charge in [0, 0.05) is 25.5 Å². The number of hydrogen-bond acceptors (Lipinski definition) is 8. The van der Waals surface area contributed by atoms with Crippen molar-refractivity contribution in [3.05, 3.63) is 48.5 Å². The standard InChI is InChI=1S/C21H25N5O2S2/c1-5-28-18-9-7-6-8-17(18)23-20-24-25-21(30-20)29-14(2)19(27)22-15-10-12-16(13-11-15)26(3)4/h6-14H,5H2,1-4H3,(H,22,27)(H,23,24). The fraction of sp³-hybridized carbons (Fsp3) is 0.286. The third kappa shape index (κ3) is 5.87. The maximum absolute atomic E-state index is 12.5. The number of rotatable bonds is 9. The Morgan fingerprint density at radius 1 is 1.17 bits per heavy atom. The molecule has 0 aliphatic heterocycles. The lowest BCUT2D eigenvalue weighted by Crippen LogP contribution is -2.22. The summed E-state index contributed by atoms with van der Waals surface area (Å²) in [6.45, 7) is 4.38. The predicted molar refractivity (Wildman–Crippen MR) is 126 cm³/mol. The minimum Gasteiger partial charge on any atom is -0.492 e. The molecule has 1 unspecified atom stereocenters. The van der Waals surface area contributed by atoms with Crippen molar-refractivity contribution in [2.24, 2.45) is 0 Å². The van der Waals surface area contributed by atoms with Crippen molar-refractivity contribution >= 4 is 51.2 Å². The van der Waals surface area contributed by atoms with Crippen molar-refractivity contribution < 1.29 is 9.53 Å². The van der Waals surface area contributed by atoms with Crippen molar-refractivity contribution in [2.75, 3.05) is 36.2 Å². The van der Waals surface area contributed by atoms with Gasteiger partial charge in [0.1, 0.15) is 5.75 Å².